The summed E-state index contributed by atoms with van der Waals surface area (Å²) in [6.45, 7) is 2.34. The fourth-order valence-electron chi connectivity index (χ4n) is 1.79. The molecule has 0 bridgehead atoms. The van der Waals surface area contributed by atoms with Crippen LogP contribution >= 0.6 is 23.2 Å². The Kier molecular flexibility index (Phi) is 4.83. The zero-order valence-electron chi connectivity index (χ0n) is 11.5. The molecule has 1 aromatic carbocycles. The van der Waals surface area contributed by atoms with Gasteiger partial charge < -0.3 is 10.3 Å². The zero-order valence-corrected chi connectivity index (χ0v) is 13.8. The van der Waals surface area contributed by atoms with Crippen LogP contribution < -0.4 is 10.0 Å². The minimum absolute atomic E-state index is 0.139. The molecule has 2 aromatic rings. The molecule has 0 saturated carbocycles. The van der Waals surface area contributed by atoms with E-state index in [1.807, 2.05) is 0 Å². The Labute approximate surface area is 133 Å². The number of hydrogen-bond donors (Lipinski definition) is 3. The Bertz CT molecular complexity index is 757. The first-order valence-electron chi connectivity index (χ1n) is 6.14. The molecule has 1 heterocycles. The average Bonchev–Trinajstić information content (AvgIpc) is 2.86. The van der Waals surface area contributed by atoms with Crippen molar-refractivity contribution in [2.75, 3.05) is 11.8 Å². The highest BCUT2D eigenvalue weighted by Gasteiger charge is 2.18. The molecule has 0 aliphatic carbocycles. The third kappa shape index (κ3) is 3.71. The van der Waals surface area contributed by atoms with Crippen LogP contribution in [0.3, 0.4) is 0 Å². The van der Waals surface area contributed by atoms with Crippen LogP contribution in [0.2, 0.25) is 10.0 Å². The fourth-order valence-corrected chi connectivity index (χ4v) is 3.37. The summed E-state index contributed by atoms with van der Waals surface area (Å²) in [6.07, 6.45) is 1.43. The van der Waals surface area contributed by atoms with Gasteiger partial charge in [-0.15, -0.1) is 0 Å². The number of halogens is 2. The van der Waals surface area contributed by atoms with Gasteiger partial charge in [0.2, 0.25) is 0 Å². The highest BCUT2D eigenvalue weighted by molar-refractivity contribution is 7.92. The molecule has 5 nitrogen and oxygen atoms in total. The molecule has 0 unspecified atom stereocenters. The molecule has 0 aliphatic heterocycles. The van der Waals surface area contributed by atoms with Gasteiger partial charge in [0, 0.05) is 23.5 Å². The summed E-state index contributed by atoms with van der Waals surface area (Å²) in [5.41, 5.74) is 1.80. The van der Waals surface area contributed by atoms with Crippen LogP contribution in [-0.4, -0.2) is 20.4 Å². The smallest absolute Gasteiger partial charge is 0.263 e. The van der Waals surface area contributed by atoms with Gasteiger partial charge in [0.25, 0.3) is 10.0 Å². The van der Waals surface area contributed by atoms with Crippen molar-refractivity contribution in [3.05, 3.63) is 45.7 Å². The topological polar surface area (TPSA) is 74.0 Å². The summed E-state index contributed by atoms with van der Waals surface area (Å²) >= 11 is 12.0. The maximum absolute atomic E-state index is 12.3. The van der Waals surface area contributed by atoms with Crippen molar-refractivity contribution < 1.29 is 8.42 Å². The van der Waals surface area contributed by atoms with E-state index in [4.69, 9.17) is 23.2 Å². The number of rotatable bonds is 5. The lowest BCUT2D eigenvalue weighted by atomic mass is 10.2. The van der Waals surface area contributed by atoms with Crippen molar-refractivity contribution in [3.63, 3.8) is 0 Å². The first kappa shape index (κ1) is 16.2. The molecule has 0 amide bonds. The Morgan fingerprint density at radius 3 is 2.57 bits per heavy atom. The molecule has 114 valence electrons. The Hall–Kier alpha value is -1.21. The number of aromatic nitrogens is 1. The quantitative estimate of drug-likeness (QED) is 0.777. The van der Waals surface area contributed by atoms with Crippen LogP contribution in [0.5, 0.6) is 0 Å². The van der Waals surface area contributed by atoms with Gasteiger partial charge in [-0.2, -0.15) is 0 Å². The maximum Gasteiger partial charge on any atom is 0.263 e. The summed E-state index contributed by atoms with van der Waals surface area (Å²) in [6, 6.07) is 4.67. The van der Waals surface area contributed by atoms with Gasteiger partial charge in [-0.1, -0.05) is 23.2 Å². The lowest BCUT2D eigenvalue weighted by molar-refractivity contribution is 0.601. The number of benzene rings is 1. The molecule has 0 fully saturated rings. The zero-order chi connectivity index (χ0) is 15.6. The third-order valence-electron chi connectivity index (χ3n) is 2.89. The number of hydrogen-bond acceptors (Lipinski definition) is 3. The van der Waals surface area contributed by atoms with Crippen LogP contribution in [0.4, 0.5) is 5.69 Å². The van der Waals surface area contributed by atoms with E-state index >= 15 is 0 Å². The van der Waals surface area contributed by atoms with E-state index in [-0.39, 0.29) is 10.6 Å². The number of sulfonamides is 1. The Balaban J connectivity index is 2.30. The number of anilines is 1. The molecular weight excluding hydrogens is 333 g/mol. The van der Waals surface area contributed by atoms with E-state index in [2.05, 4.69) is 15.0 Å². The summed E-state index contributed by atoms with van der Waals surface area (Å²) < 4.78 is 27.1. The van der Waals surface area contributed by atoms with E-state index in [0.717, 1.165) is 11.3 Å². The highest BCUT2D eigenvalue weighted by Crippen LogP contribution is 2.30. The first-order chi connectivity index (χ1) is 9.83. The van der Waals surface area contributed by atoms with E-state index in [0.29, 0.717) is 16.6 Å². The van der Waals surface area contributed by atoms with Gasteiger partial charge in [-0.05, 0) is 37.7 Å². The molecule has 0 atom stereocenters. The van der Waals surface area contributed by atoms with Crippen molar-refractivity contribution in [2.24, 2.45) is 0 Å². The van der Waals surface area contributed by atoms with Crippen LogP contribution in [-0.2, 0) is 16.6 Å². The van der Waals surface area contributed by atoms with Gasteiger partial charge in [-0.25, -0.2) is 8.42 Å². The lowest BCUT2D eigenvalue weighted by Gasteiger charge is -2.10. The molecule has 0 saturated heterocycles. The van der Waals surface area contributed by atoms with E-state index in [1.54, 1.807) is 26.1 Å². The second-order valence-corrected chi connectivity index (χ2v) is 7.07. The fraction of sp³-hybridized carbons (Fsp3) is 0.231. The van der Waals surface area contributed by atoms with Gasteiger partial charge in [0.05, 0.1) is 10.7 Å². The predicted octanol–water partition coefficient (Wildman–Crippen LogP) is 3.15. The predicted molar refractivity (Wildman–Crippen MR) is 85.6 cm³/mol. The number of aryl methyl sites for hydroxylation is 1. The van der Waals surface area contributed by atoms with Gasteiger partial charge in [0.15, 0.2) is 0 Å². The largest absolute Gasteiger partial charge is 0.363 e. The number of H-pyrrole nitrogens is 1. The summed E-state index contributed by atoms with van der Waals surface area (Å²) in [7, 11) is -1.94. The molecule has 3 N–H and O–H groups in total. The van der Waals surface area contributed by atoms with Crippen molar-refractivity contribution in [3.8, 4) is 0 Å². The van der Waals surface area contributed by atoms with Crippen molar-refractivity contribution in [1.82, 2.24) is 10.3 Å². The second kappa shape index (κ2) is 6.27. The van der Waals surface area contributed by atoms with Crippen molar-refractivity contribution >= 4 is 38.9 Å². The van der Waals surface area contributed by atoms with Gasteiger partial charge in [0.1, 0.15) is 4.90 Å². The third-order valence-corrected chi connectivity index (χ3v) is 4.95. The minimum atomic E-state index is -3.72. The highest BCUT2D eigenvalue weighted by atomic mass is 35.5. The standard InChI is InChI=1S/C13H15Cl2N3O2S/c1-8-3-12(15)13(5-11(8)14)18-21(19,20)10-4-9(6-16-2)17-7-10/h3-5,7,16-18H,6H2,1-2H3. The van der Waals surface area contributed by atoms with Crippen molar-refractivity contribution in [2.45, 2.75) is 18.4 Å². The number of aromatic amines is 1. The molecular formula is C13H15Cl2N3O2S. The van der Waals surface area contributed by atoms with Gasteiger partial charge >= 0.3 is 0 Å². The number of nitrogens with one attached hydrogen (secondary N) is 3. The van der Waals surface area contributed by atoms with Gasteiger partial charge in [-0.3, -0.25) is 4.72 Å². The molecule has 0 aliphatic rings. The molecule has 0 radical (unpaired) electrons. The minimum Gasteiger partial charge on any atom is -0.363 e. The normalized spacial score (nSPS) is 11.6. The second-order valence-electron chi connectivity index (χ2n) is 4.58. The Morgan fingerprint density at radius 2 is 1.90 bits per heavy atom. The molecule has 21 heavy (non-hydrogen) atoms. The molecule has 2 rings (SSSR count). The Morgan fingerprint density at radius 1 is 1.19 bits per heavy atom. The summed E-state index contributed by atoms with van der Waals surface area (Å²) in [5.74, 6) is 0. The van der Waals surface area contributed by atoms with E-state index < -0.39 is 10.0 Å². The van der Waals surface area contributed by atoms with E-state index in [1.165, 1.54) is 12.3 Å². The summed E-state index contributed by atoms with van der Waals surface area (Å²) in [4.78, 5) is 3.03. The summed E-state index contributed by atoms with van der Waals surface area (Å²) in [5, 5.41) is 3.68. The van der Waals surface area contributed by atoms with Crippen LogP contribution in [0.25, 0.3) is 0 Å². The molecule has 0 spiro atoms. The lowest BCUT2D eigenvalue weighted by Crippen LogP contribution is -2.12. The van der Waals surface area contributed by atoms with Crippen LogP contribution in [0.15, 0.2) is 29.3 Å². The molecule has 8 heteroatoms. The van der Waals surface area contributed by atoms with Crippen LogP contribution in [0.1, 0.15) is 11.3 Å². The van der Waals surface area contributed by atoms with Crippen molar-refractivity contribution in [1.29, 1.82) is 0 Å². The maximum atomic E-state index is 12.3. The van der Waals surface area contributed by atoms with E-state index in [9.17, 15) is 8.42 Å². The van der Waals surface area contributed by atoms with Crippen LogP contribution in [0, 0.1) is 6.92 Å². The SMILES string of the molecule is CNCc1cc(S(=O)(=O)Nc2cc(Cl)c(C)cc2Cl)c[nH]1. The molecule has 1 aromatic heterocycles. The monoisotopic (exact) mass is 347 g/mol. The average molecular weight is 348 g/mol. The first-order valence-corrected chi connectivity index (χ1v) is 8.38.